The second-order valence-electron chi connectivity index (χ2n) is 7.64. The lowest BCUT2D eigenvalue weighted by Crippen LogP contribution is -2.49. The molecule has 0 aliphatic carbocycles. The standard InChI is InChI=1S/C18H28N2O3/c1-5-8-18(16(22)23)9-6-10-19(13-18)15(21)14-7-11-20(12-14)17(2,3)4/h7,11-12H,5-6,8-10,13H2,1-4H3,(H,22,23)/t18-/m1/s1. The van der Waals surface area contributed by atoms with E-state index in [1.54, 1.807) is 4.90 Å². The molecule has 1 atom stereocenters. The number of amides is 1. The zero-order chi connectivity index (χ0) is 17.3. The Morgan fingerprint density at radius 1 is 1.35 bits per heavy atom. The summed E-state index contributed by atoms with van der Waals surface area (Å²) in [5.41, 5.74) is -0.222. The predicted molar refractivity (Wildman–Crippen MR) is 89.5 cm³/mol. The molecule has 0 bridgehead atoms. The van der Waals surface area contributed by atoms with Crippen molar-refractivity contribution in [3.63, 3.8) is 0 Å². The number of hydrogen-bond donors (Lipinski definition) is 1. The van der Waals surface area contributed by atoms with Gasteiger partial charge in [0.1, 0.15) is 0 Å². The Bertz CT molecular complexity index is 581. The van der Waals surface area contributed by atoms with Crippen LogP contribution in [0.25, 0.3) is 0 Å². The van der Waals surface area contributed by atoms with Crippen LogP contribution in [-0.4, -0.2) is 39.5 Å². The Morgan fingerprint density at radius 3 is 2.57 bits per heavy atom. The third-order valence-electron chi connectivity index (χ3n) is 4.76. The summed E-state index contributed by atoms with van der Waals surface area (Å²) in [6, 6.07) is 1.82. The number of likely N-dealkylation sites (tertiary alicyclic amines) is 1. The van der Waals surface area contributed by atoms with Crippen molar-refractivity contribution in [2.24, 2.45) is 5.41 Å². The van der Waals surface area contributed by atoms with Crippen LogP contribution < -0.4 is 0 Å². The molecular weight excluding hydrogens is 292 g/mol. The number of carbonyl (C=O) groups is 2. The van der Waals surface area contributed by atoms with Crippen LogP contribution in [0.3, 0.4) is 0 Å². The minimum absolute atomic E-state index is 0.0607. The van der Waals surface area contributed by atoms with Crippen molar-refractivity contribution in [2.45, 2.75) is 58.9 Å². The average Bonchev–Trinajstić information content (AvgIpc) is 2.96. The number of carboxylic acids is 1. The van der Waals surface area contributed by atoms with E-state index in [9.17, 15) is 14.7 Å². The summed E-state index contributed by atoms with van der Waals surface area (Å²) in [5.74, 6) is -0.835. The first-order chi connectivity index (χ1) is 10.7. The summed E-state index contributed by atoms with van der Waals surface area (Å²) in [7, 11) is 0. The highest BCUT2D eigenvalue weighted by Crippen LogP contribution is 2.35. The lowest BCUT2D eigenvalue weighted by molar-refractivity contribution is -0.152. The zero-order valence-corrected chi connectivity index (χ0v) is 14.6. The van der Waals surface area contributed by atoms with Crippen LogP contribution in [0.5, 0.6) is 0 Å². The van der Waals surface area contributed by atoms with Gasteiger partial charge in [-0.2, -0.15) is 0 Å². The van der Waals surface area contributed by atoms with Gasteiger partial charge in [-0.05, 0) is 46.1 Å². The number of aromatic nitrogens is 1. The molecule has 1 saturated heterocycles. The molecule has 1 aromatic heterocycles. The molecule has 0 unspecified atom stereocenters. The minimum Gasteiger partial charge on any atom is -0.481 e. The zero-order valence-electron chi connectivity index (χ0n) is 14.6. The first-order valence-corrected chi connectivity index (χ1v) is 8.41. The highest BCUT2D eigenvalue weighted by Gasteiger charge is 2.43. The van der Waals surface area contributed by atoms with E-state index >= 15 is 0 Å². The van der Waals surface area contributed by atoms with Gasteiger partial charge < -0.3 is 14.6 Å². The fraction of sp³-hybridized carbons (Fsp3) is 0.667. The Balaban J connectivity index is 2.19. The Kier molecular flexibility index (Phi) is 4.87. The third kappa shape index (κ3) is 3.59. The van der Waals surface area contributed by atoms with E-state index in [1.165, 1.54) is 0 Å². The fourth-order valence-corrected chi connectivity index (χ4v) is 3.39. The molecule has 1 fully saturated rings. The molecule has 2 heterocycles. The molecular formula is C18H28N2O3. The lowest BCUT2D eigenvalue weighted by atomic mass is 9.76. The van der Waals surface area contributed by atoms with Crippen molar-refractivity contribution >= 4 is 11.9 Å². The van der Waals surface area contributed by atoms with E-state index in [0.29, 0.717) is 31.5 Å². The summed E-state index contributed by atoms with van der Waals surface area (Å²) in [6.45, 7) is 9.19. The smallest absolute Gasteiger partial charge is 0.311 e. The van der Waals surface area contributed by atoms with E-state index in [1.807, 2.05) is 30.0 Å². The number of hydrogen-bond acceptors (Lipinski definition) is 2. The van der Waals surface area contributed by atoms with Crippen LogP contribution in [0.4, 0.5) is 0 Å². The van der Waals surface area contributed by atoms with Gasteiger partial charge in [0.15, 0.2) is 0 Å². The molecule has 5 heteroatoms. The van der Waals surface area contributed by atoms with Gasteiger partial charge in [0.25, 0.3) is 5.91 Å². The van der Waals surface area contributed by atoms with Crippen molar-refractivity contribution in [3.05, 3.63) is 24.0 Å². The number of piperidine rings is 1. The van der Waals surface area contributed by atoms with E-state index in [-0.39, 0.29) is 11.4 Å². The maximum absolute atomic E-state index is 12.8. The average molecular weight is 320 g/mol. The summed E-state index contributed by atoms with van der Waals surface area (Å²) in [5, 5.41) is 9.66. The van der Waals surface area contributed by atoms with Gasteiger partial charge in [-0.25, -0.2) is 0 Å². The molecule has 5 nitrogen and oxygen atoms in total. The third-order valence-corrected chi connectivity index (χ3v) is 4.76. The van der Waals surface area contributed by atoms with Gasteiger partial charge in [-0.1, -0.05) is 13.3 Å². The van der Waals surface area contributed by atoms with Crippen molar-refractivity contribution in [1.29, 1.82) is 0 Å². The molecule has 23 heavy (non-hydrogen) atoms. The predicted octanol–water partition coefficient (Wildman–Crippen LogP) is 3.35. The number of carboxylic acid groups (broad SMARTS) is 1. The molecule has 1 aliphatic heterocycles. The molecule has 1 aromatic rings. The maximum atomic E-state index is 12.8. The molecule has 0 radical (unpaired) electrons. The molecule has 2 rings (SSSR count). The van der Waals surface area contributed by atoms with E-state index < -0.39 is 11.4 Å². The number of carbonyl (C=O) groups excluding carboxylic acids is 1. The molecule has 128 valence electrons. The summed E-state index contributed by atoms with van der Waals surface area (Å²) in [4.78, 5) is 26.3. The SMILES string of the molecule is CCC[C@@]1(C(=O)O)CCCN(C(=O)c2ccn(C(C)(C)C)c2)C1. The highest BCUT2D eigenvalue weighted by atomic mass is 16.4. The van der Waals surface area contributed by atoms with Gasteiger partial charge in [-0.15, -0.1) is 0 Å². The van der Waals surface area contributed by atoms with Crippen LogP contribution in [-0.2, 0) is 10.3 Å². The van der Waals surface area contributed by atoms with Crippen molar-refractivity contribution in [2.75, 3.05) is 13.1 Å². The van der Waals surface area contributed by atoms with Crippen LogP contribution in [0.15, 0.2) is 18.5 Å². The number of aliphatic carboxylic acids is 1. The van der Waals surface area contributed by atoms with E-state index in [4.69, 9.17) is 0 Å². The molecule has 1 amide bonds. The molecule has 0 saturated carbocycles. The summed E-state index contributed by atoms with van der Waals surface area (Å²) in [6.07, 6.45) is 6.61. The lowest BCUT2D eigenvalue weighted by Gasteiger charge is -2.39. The second-order valence-corrected chi connectivity index (χ2v) is 7.64. The largest absolute Gasteiger partial charge is 0.481 e. The molecule has 0 spiro atoms. The van der Waals surface area contributed by atoms with Crippen LogP contribution in [0.1, 0.15) is 63.7 Å². The highest BCUT2D eigenvalue weighted by molar-refractivity contribution is 5.94. The summed E-state index contributed by atoms with van der Waals surface area (Å²) >= 11 is 0. The number of rotatable bonds is 4. The monoisotopic (exact) mass is 320 g/mol. The van der Waals surface area contributed by atoms with Gasteiger partial charge in [0, 0.05) is 31.0 Å². The molecule has 0 aromatic carbocycles. The normalized spacial score (nSPS) is 22.2. The molecule has 1 aliphatic rings. The number of nitrogens with zero attached hydrogens (tertiary/aromatic N) is 2. The maximum Gasteiger partial charge on any atom is 0.311 e. The van der Waals surface area contributed by atoms with Crippen LogP contribution in [0, 0.1) is 5.41 Å². The van der Waals surface area contributed by atoms with Gasteiger partial charge in [0.05, 0.1) is 11.0 Å². The fourth-order valence-electron chi connectivity index (χ4n) is 3.39. The van der Waals surface area contributed by atoms with Gasteiger partial charge in [-0.3, -0.25) is 9.59 Å². The Hall–Kier alpha value is -1.78. The minimum atomic E-state index is -0.782. The summed E-state index contributed by atoms with van der Waals surface area (Å²) < 4.78 is 2.01. The Labute approximate surface area is 138 Å². The van der Waals surface area contributed by atoms with Crippen molar-refractivity contribution in [1.82, 2.24) is 9.47 Å². The first-order valence-electron chi connectivity index (χ1n) is 8.41. The van der Waals surface area contributed by atoms with Crippen molar-refractivity contribution in [3.8, 4) is 0 Å². The topological polar surface area (TPSA) is 62.5 Å². The van der Waals surface area contributed by atoms with E-state index in [0.717, 1.165) is 12.8 Å². The van der Waals surface area contributed by atoms with E-state index in [2.05, 4.69) is 20.8 Å². The van der Waals surface area contributed by atoms with Crippen LogP contribution in [0.2, 0.25) is 0 Å². The quantitative estimate of drug-likeness (QED) is 0.925. The van der Waals surface area contributed by atoms with Crippen LogP contribution >= 0.6 is 0 Å². The molecule has 1 N–H and O–H groups in total. The van der Waals surface area contributed by atoms with Gasteiger partial charge >= 0.3 is 5.97 Å². The first kappa shape index (κ1) is 17.6. The van der Waals surface area contributed by atoms with Gasteiger partial charge in [0.2, 0.25) is 0 Å². The Morgan fingerprint density at radius 2 is 2.04 bits per heavy atom. The van der Waals surface area contributed by atoms with Crippen molar-refractivity contribution < 1.29 is 14.7 Å². The second kappa shape index (κ2) is 6.38.